The van der Waals surface area contributed by atoms with Gasteiger partial charge in [0, 0.05) is 68.0 Å². The molecule has 54 heavy (non-hydrogen) atoms. The molecule has 6 atom stereocenters. The lowest BCUT2D eigenvalue weighted by Crippen LogP contribution is -2.55. The number of aromatic nitrogens is 3. The van der Waals surface area contributed by atoms with Crippen molar-refractivity contribution in [3.05, 3.63) is 65.5 Å². The second-order valence-corrected chi connectivity index (χ2v) is 18.9. The number of aliphatic hydroxyl groups is 1. The van der Waals surface area contributed by atoms with Gasteiger partial charge in [0.25, 0.3) is 5.91 Å². The number of esters is 2. The second kappa shape index (κ2) is 14.0. The molecule has 4 aliphatic heterocycles. The largest absolute Gasteiger partial charge is 0.441 e. The van der Waals surface area contributed by atoms with Gasteiger partial charge in [-0.05, 0) is 55.4 Å². The predicted octanol–water partition coefficient (Wildman–Crippen LogP) is 2.50. The first-order valence-electron chi connectivity index (χ1n) is 18.1. The number of nitrogens with zero attached hydrogens (tertiary/aromatic N) is 6. The first-order valence-corrected chi connectivity index (χ1v) is 21.1. The lowest BCUT2D eigenvalue weighted by atomic mass is 9.82. The second-order valence-electron chi connectivity index (χ2n) is 14.9. The number of amides is 3. The van der Waals surface area contributed by atoms with Gasteiger partial charge in [0.1, 0.15) is 0 Å². The van der Waals surface area contributed by atoms with E-state index in [9.17, 15) is 29.1 Å². The van der Waals surface area contributed by atoms with Crippen LogP contribution in [-0.4, -0.2) is 88.0 Å². The maximum atomic E-state index is 15.1. The highest BCUT2D eigenvalue weighted by Crippen LogP contribution is 2.60. The standard InChI is InChI=1S/C37H44N6O10Si/c1-21-35(54(4,5)50)30(12-14-40-20-25(13-15-44)38-39-40)53-37(21)28-16-27(43-32(48)18-34(43)52-23(3)46)10-11-29(28)41(36(37)49)19-24-6-8-26(9-7-24)42-31(47)17-33(42)51-22(2)45/h6-11,16,20-21,30,33-35,44,50H,12-15,17-19H2,1-5H3/t21-,30+,33?,34?,35-,37+/m1/s1. The summed E-state index contributed by atoms with van der Waals surface area (Å²) in [5.41, 5.74) is 1.62. The first-order chi connectivity index (χ1) is 25.6. The lowest BCUT2D eigenvalue weighted by Gasteiger charge is -2.39. The van der Waals surface area contributed by atoms with Crippen molar-refractivity contribution in [1.29, 1.82) is 0 Å². The number of ether oxygens (including phenoxy) is 3. The van der Waals surface area contributed by atoms with Crippen LogP contribution in [0.1, 0.15) is 56.9 Å². The number of aryl methyl sites for hydroxylation is 1. The molecule has 4 aliphatic rings. The molecule has 1 aromatic heterocycles. The Hall–Kier alpha value is -4.97. The molecule has 17 heteroatoms. The monoisotopic (exact) mass is 760 g/mol. The SMILES string of the molecule is CC(=O)OC1CC(=O)N1c1ccc(CN2C(=O)[C@@]3(O[C@@H](CCn4cc(CCO)nn4)[C@H]([Si](C)(C)O)[C@H]3C)c3cc(N4C(=O)CC4OC(C)=O)ccc32)cc1. The van der Waals surface area contributed by atoms with Crippen LogP contribution in [0.5, 0.6) is 0 Å². The number of rotatable bonds is 12. The normalized spacial score (nSPS) is 26.2. The van der Waals surface area contributed by atoms with Crippen molar-refractivity contribution in [3.63, 3.8) is 0 Å². The summed E-state index contributed by atoms with van der Waals surface area (Å²) >= 11 is 0. The van der Waals surface area contributed by atoms with Gasteiger partial charge in [0.15, 0.2) is 26.4 Å². The molecule has 0 bridgehead atoms. The van der Waals surface area contributed by atoms with E-state index >= 15 is 4.79 Å². The molecule has 0 radical (unpaired) electrons. The summed E-state index contributed by atoms with van der Waals surface area (Å²) in [6, 6.07) is 12.3. The van der Waals surface area contributed by atoms with E-state index in [1.165, 1.54) is 23.6 Å². The smallest absolute Gasteiger partial charge is 0.304 e. The van der Waals surface area contributed by atoms with Crippen LogP contribution in [0.4, 0.5) is 17.1 Å². The van der Waals surface area contributed by atoms with Crippen LogP contribution in [-0.2, 0) is 63.3 Å². The summed E-state index contributed by atoms with van der Waals surface area (Å²) in [7, 11) is -3.00. The van der Waals surface area contributed by atoms with E-state index < -0.39 is 50.3 Å². The number of aliphatic hydroxyl groups excluding tert-OH is 1. The molecular formula is C37H44N6O10Si. The molecule has 16 nitrogen and oxygen atoms in total. The number of fused-ring (bicyclic) bond motifs is 2. The zero-order valence-corrected chi connectivity index (χ0v) is 31.8. The van der Waals surface area contributed by atoms with E-state index in [0.717, 1.165) is 5.56 Å². The fraction of sp³-hybridized carbons (Fsp3) is 0.486. The Kier molecular flexibility index (Phi) is 9.70. The zero-order chi connectivity index (χ0) is 38.7. The van der Waals surface area contributed by atoms with Crippen molar-refractivity contribution in [2.45, 2.75) is 102 Å². The zero-order valence-electron chi connectivity index (χ0n) is 30.8. The third-order valence-corrected chi connectivity index (χ3v) is 13.3. The Bertz CT molecular complexity index is 2000. The van der Waals surface area contributed by atoms with E-state index in [-0.39, 0.29) is 49.3 Å². The highest BCUT2D eigenvalue weighted by Gasteiger charge is 2.66. The van der Waals surface area contributed by atoms with Gasteiger partial charge in [-0.2, -0.15) is 0 Å². The fourth-order valence-electron chi connectivity index (χ4n) is 8.49. The van der Waals surface area contributed by atoms with Gasteiger partial charge in [0.2, 0.25) is 11.8 Å². The van der Waals surface area contributed by atoms with Gasteiger partial charge < -0.3 is 29.0 Å². The van der Waals surface area contributed by atoms with Gasteiger partial charge in [-0.25, -0.2) is 0 Å². The average molecular weight is 761 g/mol. The number of carbonyl (C=O) groups excluding carboxylic acids is 5. The number of carbonyl (C=O) groups is 5. The molecule has 286 valence electrons. The topological polar surface area (TPSA) is 194 Å². The van der Waals surface area contributed by atoms with Gasteiger partial charge in [0.05, 0.1) is 36.9 Å². The summed E-state index contributed by atoms with van der Waals surface area (Å²) in [6.45, 7) is 8.66. The molecule has 3 aromatic rings. The minimum absolute atomic E-state index is 0.0389. The van der Waals surface area contributed by atoms with E-state index in [0.29, 0.717) is 47.7 Å². The maximum absolute atomic E-state index is 15.1. The Labute approximate surface area is 312 Å². The third-order valence-electron chi connectivity index (χ3n) is 10.8. The van der Waals surface area contributed by atoms with Crippen molar-refractivity contribution in [1.82, 2.24) is 15.0 Å². The summed E-state index contributed by atoms with van der Waals surface area (Å²) < 4.78 is 19.3. The van der Waals surface area contributed by atoms with Crippen molar-refractivity contribution in [3.8, 4) is 0 Å². The quantitative estimate of drug-likeness (QED) is 0.156. The highest BCUT2D eigenvalue weighted by atomic mass is 28.4. The van der Waals surface area contributed by atoms with Crippen LogP contribution in [0.25, 0.3) is 0 Å². The van der Waals surface area contributed by atoms with Crippen LogP contribution in [0.15, 0.2) is 48.7 Å². The van der Waals surface area contributed by atoms with Gasteiger partial charge in [-0.15, -0.1) is 5.10 Å². The van der Waals surface area contributed by atoms with Crippen LogP contribution in [0, 0.1) is 5.92 Å². The minimum atomic E-state index is -3.00. The molecule has 0 aliphatic carbocycles. The fourth-order valence-corrected chi connectivity index (χ4v) is 11.1. The Morgan fingerprint density at radius 3 is 2.15 bits per heavy atom. The molecule has 7 rings (SSSR count). The predicted molar refractivity (Wildman–Crippen MR) is 194 cm³/mol. The van der Waals surface area contributed by atoms with Crippen LogP contribution >= 0.6 is 0 Å². The maximum Gasteiger partial charge on any atom is 0.304 e. The molecule has 3 fully saturated rings. The molecule has 1 spiro atoms. The Morgan fingerprint density at radius 2 is 1.57 bits per heavy atom. The van der Waals surface area contributed by atoms with Crippen molar-refractivity contribution >= 4 is 55.0 Å². The number of hydrogen-bond acceptors (Lipinski definition) is 12. The van der Waals surface area contributed by atoms with Crippen molar-refractivity contribution in [2.75, 3.05) is 21.3 Å². The lowest BCUT2D eigenvalue weighted by molar-refractivity contribution is -0.155. The summed E-state index contributed by atoms with van der Waals surface area (Å²) in [5.74, 6) is -2.22. The summed E-state index contributed by atoms with van der Waals surface area (Å²) in [4.78, 5) is 79.9. The van der Waals surface area contributed by atoms with Gasteiger partial charge in [-0.3, -0.25) is 38.5 Å². The third kappa shape index (κ3) is 6.48. The molecule has 3 amide bonds. The van der Waals surface area contributed by atoms with E-state index in [2.05, 4.69) is 10.3 Å². The Morgan fingerprint density at radius 1 is 0.963 bits per heavy atom. The van der Waals surface area contributed by atoms with Crippen LogP contribution in [0.3, 0.4) is 0 Å². The van der Waals surface area contributed by atoms with Crippen LogP contribution in [0.2, 0.25) is 18.6 Å². The molecule has 0 saturated carbocycles. The highest BCUT2D eigenvalue weighted by molar-refractivity contribution is 6.71. The molecular weight excluding hydrogens is 717 g/mol. The number of hydrogen-bond donors (Lipinski definition) is 2. The molecule has 2 aromatic carbocycles. The van der Waals surface area contributed by atoms with Crippen LogP contribution < -0.4 is 14.7 Å². The van der Waals surface area contributed by atoms with Crippen molar-refractivity contribution < 1.29 is 48.1 Å². The first kappa shape index (κ1) is 37.3. The molecule has 5 heterocycles. The number of β-lactam (4-membered cyclic amide) rings is 2. The molecule has 3 saturated heterocycles. The number of anilines is 3. The van der Waals surface area contributed by atoms with E-state index in [4.69, 9.17) is 14.2 Å². The van der Waals surface area contributed by atoms with E-state index in [1.54, 1.807) is 58.2 Å². The molecule has 2 unspecified atom stereocenters. The summed E-state index contributed by atoms with van der Waals surface area (Å²) in [5, 5.41) is 17.6. The summed E-state index contributed by atoms with van der Waals surface area (Å²) in [6.07, 6.45) is 0.692. The van der Waals surface area contributed by atoms with Gasteiger partial charge >= 0.3 is 11.9 Å². The van der Waals surface area contributed by atoms with Crippen molar-refractivity contribution in [2.24, 2.45) is 5.92 Å². The minimum Gasteiger partial charge on any atom is -0.441 e. The number of benzene rings is 2. The average Bonchev–Trinajstić information content (AvgIpc) is 3.73. The van der Waals surface area contributed by atoms with E-state index in [1.807, 2.05) is 20.0 Å². The Balaban J connectivity index is 1.24. The van der Waals surface area contributed by atoms with Gasteiger partial charge in [-0.1, -0.05) is 24.3 Å². The molecule has 2 N–H and O–H groups in total.